The lowest BCUT2D eigenvalue weighted by Crippen LogP contribution is -2.05. The van der Waals surface area contributed by atoms with Crippen LogP contribution in [0.25, 0.3) is 16.6 Å². The molecule has 1 heterocycles. The molecule has 0 bridgehead atoms. The van der Waals surface area contributed by atoms with Crippen LogP contribution >= 0.6 is 0 Å². The van der Waals surface area contributed by atoms with Gasteiger partial charge in [0.15, 0.2) is 28.7 Å². The van der Waals surface area contributed by atoms with E-state index >= 15 is 0 Å². The number of esters is 1. The van der Waals surface area contributed by atoms with Gasteiger partial charge in [-0.2, -0.15) is 0 Å². The zero-order valence-electron chi connectivity index (χ0n) is 23.8. The maximum atomic E-state index is 11.3. The number of carbonyl (C=O) groups excluding carboxylic acids is 1. The summed E-state index contributed by atoms with van der Waals surface area (Å²) in [4.78, 5) is 15.1. The molecule has 3 rings (SSSR count). The molecule has 0 N–H and O–H groups in total. The van der Waals surface area contributed by atoms with Crippen LogP contribution in [0, 0.1) is 6.57 Å². The first kappa shape index (κ1) is 30.6. The smallest absolute Gasteiger partial charge is 0.333 e. The van der Waals surface area contributed by atoms with Gasteiger partial charge in [0.2, 0.25) is 6.79 Å². The molecule has 0 fully saturated rings. The number of fused-ring (bicyclic) bond motifs is 1. The van der Waals surface area contributed by atoms with Gasteiger partial charge in [-0.15, -0.1) is 0 Å². The predicted molar refractivity (Wildman–Crippen MR) is 157 cm³/mol. The minimum absolute atomic E-state index is 0.202. The monoisotopic (exact) mass is 547 g/mol. The van der Waals surface area contributed by atoms with E-state index in [-0.39, 0.29) is 12.8 Å². The van der Waals surface area contributed by atoms with Gasteiger partial charge in [0.1, 0.15) is 0 Å². The topological polar surface area (TPSA) is 67.6 Å². The quantitative estimate of drug-likeness (QED) is 0.0615. The van der Waals surface area contributed by atoms with Crippen LogP contribution in [0.1, 0.15) is 82.8 Å². The average molecular weight is 548 g/mol. The highest BCUT2D eigenvalue weighted by atomic mass is 16.7. The zero-order chi connectivity index (χ0) is 28.6. The standard InChI is InChI=1S/C33H41NO6/c1-5-36-31-22-26(21-28(34-4)27-16-18-30-32(23-27)40-24-39-30)15-17-29(31)37-19-13-11-9-7-6-8-10-12-14-20-38-33(35)25(2)3/h15-18,21-23H,2,5-14,19-20,24H2,1,3H3/b28-21-. The van der Waals surface area contributed by atoms with Crippen molar-refractivity contribution in [3.63, 3.8) is 0 Å². The Bertz CT molecular complexity index is 1200. The van der Waals surface area contributed by atoms with Gasteiger partial charge in [-0.25, -0.2) is 9.64 Å². The summed E-state index contributed by atoms with van der Waals surface area (Å²) in [6, 6.07) is 11.3. The summed E-state index contributed by atoms with van der Waals surface area (Å²) in [6.07, 6.45) is 12.0. The second kappa shape index (κ2) is 16.9. The van der Waals surface area contributed by atoms with Gasteiger partial charge in [0, 0.05) is 5.57 Å². The van der Waals surface area contributed by atoms with Gasteiger partial charge < -0.3 is 23.7 Å². The molecule has 1 aliphatic rings. The van der Waals surface area contributed by atoms with Crippen LogP contribution in [-0.2, 0) is 9.53 Å². The fourth-order valence-electron chi connectivity index (χ4n) is 4.31. The summed E-state index contributed by atoms with van der Waals surface area (Å²) < 4.78 is 27.8. The SMILES string of the molecule is [C-]#[N+]/C(=C\c1ccc(OCCCCCCCCCCCOC(=O)C(=C)C)c(OCC)c1)c1ccc2c(c1)OCO2. The summed E-state index contributed by atoms with van der Waals surface area (Å²) in [5.41, 5.74) is 2.61. The highest BCUT2D eigenvalue weighted by molar-refractivity contribution is 5.87. The summed E-state index contributed by atoms with van der Waals surface area (Å²) in [5.74, 6) is 2.46. The minimum atomic E-state index is -0.295. The molecule has 7 nitrogen and oxygen atoms in total. The Morgan fingerprint density at radius 1 is 0.900 bits per heavy atom. The lowest BCUT2D eigenvalue weighted by Gasteiger charge is -2.13. The Kier molecular flexibility index (Phi) is 12.9. The molecular formula is C33H41NO6. The van der Waals surface area contributed by atoms with E-state index in [4.69, 9.17) is 30.3 Å². The van der Waals surface area contributed by atoms with Gasteiger partial charge in [-0.05, 0) is 68.2 Å². The van der Waals surface area contributed by atoms with E-state index in [2.05, 4.69) is 11.4 Å². The number of unbranched alkanes of at least 4 members (excludes halogenated alkanes) is 8. The maximum Gasteiger partial charge on any atom is 0.333 e. The number of carbonyl (C=O) groups is 1. The van der Waals surface area contributed by atoms with Gasteiger partial charge in [0.25, 0.3) is 0 Å². The van der Waals surface area contributed by atoms with Gasteiger partial charge in [-0.3, -0.25) is 0 Å². The Labute approximate surface area is 238 Å². The van der Waals surface area contributed by atoms with Gasteiger partial charge in [-0.1, -0.05) is 63.7 Å². The van der Waals surface area contributed by atoms with E-state index in [0.29, 0.717) is 48.3 Å². The predicted octanol–water partition coefficient (Wildman–Crippen LogP) is 8.24. The normalized spacial score (nSPS) is 12.1. The Morgan fingerprint density at radius 3 is 2.25 bits per heavy atom. The molecule has 0 aliphatic carbocycles. The fraction of sp³-hybridized carbons (Fsp3) is 0.455. The third-order valence-electron chi connectivity index (χ3n) is 6.49. The molecule has 2 aromatic rings. The molecule has 2 aromatic carbocycles. The number of benzene rings is 2. The third kappa shape index (κ3) is 10.00. The third-order valence-corrected chi connectivity index (χ3v) is 6.49. The van der Waals surface area contributed by atoms with Crippen molar-refractivity contribution in [1.29, 1.82) is 0 Å². The van der Waals surface area contributed by atoms with Crippen LogP contribution in [-0.4, -0.2) is 32.6 Å². The molecule has 1 aliphatic heterocycles. The Hall–Kier alpha value is -3.92. The van der Waals surface area contributed by atoms with Crippen LogP contribution in [0.15, 0.2) is 48.6 Å². The molecule has 7 heteroatoms. The van der Waals surface area contributed by atoms with Crippen molar-refractivity contribution >= 4 is 17.7 Å². The molecule has 0 spiro atoms. The molecule has 0 atom stereocenters. The number of rotatable bonds is 18. The second-order valence-corrected chi connectivity index (χ2v) is 9.80. The maximum absolute atomic E-state index is 11.3. The molecule has 0 saturated carbocycles. The van der Waals surface area contributed by atoms with Crippen LogP contribution in [0.3, 0.4) is 0 Å². The summed E-state index contributed by atoms with van der Waals surface area (Å²) in [7, 11) is 0. The first-order valence-corrected chi connectivity index (χ1v) is 14.2. The fourth-order valence-corrected chi connectivity index (χ4v) is 4.31. The van der Waals surface area contributed by atoms with Crippen molar-refractivity contribution in [1.82, 2.24) is 0 Å². The first-order chi connectivity index (χ1) is 19.5. The lowest BCUT2D eigenvalue weighted by atomic mass is 10.1. The van der Waals surface area contributed by atoms with Crippen molar-refractivity contribution in [3.8, 4) is 23.0 Å². The summed E-state index contributed by atoms with van der Waals surface area (Å²) in [5, 5.41) is 0. The number of hydrogen-bond acceptors (Lipinski definition) is 6. The van der Waals surface area contributed by atoms with E-state index in [1.165, 1.54) is 32.1 Å². The lowest BCUT2D eigenvalue weighted by molar-refractivity contribution is -0.139. The van der Waals surface area contributed by atoms with Crippen LogP contribution < -0.4 is 18.9 Å². The van der Waals surface area contributed by atoms with Crippen LogP contribution in [0.2, 0.25) is 0 Å². The van der Waals surface area contributed by atoms with E-state index in [1.54, 1.807) is 6.92 Å². The van der Waals surface area contributed by atoms with Crippen molar-refractivity contribution in [3.05, 3.63) is 71.1 Å². The van der Waals surface area contributed by atoms with Crippen molar-refractivity contribution in [2.75, 3.05) is 26.6 Å². The van der Waals surface area contributed by atoms with Crippen LogP contribution in [0.4, 0.5) is 0 Å². The van der Waals surface area contributed by atoms with E-state index in [1.807, 2.05) is 49.4 Å². The average Bonchev–Trinajstić information content (AvgIpc) is 3.43. The second-order valence-electron chi connectivity index (χ2n) is 9.80. The minimum Gasteiger partial charge on any atom is -0.490 e. The molecule has 40 heavy (non-hydrogen) atoms. The molecule has 0 aromatic heterocycles. The molecule has 0 amide bonds. The molecule has 0 radical (unpaired) electrons. The van der Waals surface area contributed by atoms with E-state index in [9.17, 15) is 4.79 Å². The number of nitrogens with zero attached hydrogens (tertiary/aromatic N) is 1. The highest BCUT2D eigenvalue weighted by Gasteiger charge is 2.15. The van der Waals surface area contributed by atoms with Crippen molar-refractivity contribution in [2.24, 2.45) is 0 Å². The van der Waals surface area contributed by atoms with Gasteiger partial charge in [0.05, 0.1) is 26.4 Å². The highest BCUT2D eigenvalue weighted by Crippen LogP contribution is 2.36. The largest absolute Gasteiger partial charge is 0.490 e. The molecular weight excluding hydrogens is 506 g/mol. The number of hydrogen-bond donors (Lipinski definition) is 0. The first-order valence-electron chi connectivity index (χ1n) is 14.2. The Morgan fingerprint density at radius 2 is 1.57 bits per heavy atom. The summed E-state index contributed by atoms with van der Waals surface area (Å²) in [6.45, 7) is 16.7. The van der Waals surface area contributed by atoms with Crippen molar-refractivity contribution < 1.29 is 28.5 Å². The Balaban J connectivity index is 1.36. The molecule has 214 valence electrons. The summed E-state index contributed by atoms with van der Waals surface area (Å²) >= 11 is 0. The van der Waals surface area contributed by atoms with Crippen molar-refractivity contribution in [2.45, 2.75) is 71.6 Å². The zero-order valence-corrected chi connectivity index (χ0v) is 23.8. The molecule has 0 saturated heterocycles. The number of ether oxygens (including phenoxy) is 5. The van der Waals surface area contributed by atoms with E-state index in [0.717, 1.165) is 42.6 Å². The van der Waals surface area contributed by atoms with Crippen LogP contribution in [0.5, 0.6) is 23.0 Å². The van der Waals surface area contributed by atoms with Gasteiger partial charge >= 0.3 is 5.97 Å². The van der Waals surface area contributed by atoms with E-state index < -0.39 is 0 Å². The molecule has 0 unspecified atom stereocenters.